The molecule has 2 heterocycles. The third-order valence-corrected chi connectivity index (χ3v) is 4.25. The molecule has 1 aromatic carbocycles. The molecule has 0 bridgehead atoms. The van der Waals surface area contributed by atoms with Crippen LogP contribution in [0.4, 0.5) is 5.69 Å². The van der Waals surface area contributed by atoms with Crippen LogP contribution in [0.3, 0.4) is 0 Å². The number of hydrogen-bond donors (Lipinski definition) is 1. The number of amides is 1. The van der Waals surface area contributed by atoms with Crippen molar-refractivity contribution in [2.45, 2.75) is 12.0 Å². The van der Waals surface area contributed by atoms with Crippen LogP contribution in [0, 0.1) is 6.92 Å². The van der Waals surface area contributed by atoms with Crippen LogP contribution in [0.25, 0.3) is 0 Å². The van der Waals surface area contributed by atoms with E-state index in [0.717, 1.165) is 6.26 Å². The number of benzene rings is 1. The zero-order valence-corrected chi connectivity index (χ0v) is 13.4. The highest BCUT2D eigenvalue weighted by Crippen LogP contribution is 2.37. The predicted octanol–water partition coefficient (Wildman–Crippen LogP) is 2.02. The van der Waals surface area contributed by atoms with Gasteiger partial charge in [-0.15, -0.1) is 0 Å². The largest absolute Gasteiger partial charge is 0.486 e. The van der Waals surface area contributed by atoms with Gasteiger partial charge in [-0.1, -0.05) is 6.07 Å². The van der Waals surface area contributed by atoms with Crippen molar-refractivity contribution >= 4 is 21.4 Å². The molecular formula is C15H15NO6S. The highest BCUT2D eigenvalue weighted by Gasteiger charge is 2.22. The number of aryl methyl sites for hydroxylation is 1. The maximum Gasteiger partial charge on any atom is 0.259 e. The van der Waals surface area contributed by atoms with Crippen LogP contribution in [0.2, 0.25) is 0 Å². The number of rotatable bonds is 3. The van der Waals surface area contributed by atoms with E-state index in [1.165, 1.54) is 13.0 Å². The van der Waals surface area contributed by atoms with Crippen LogP contribution >= 0.6 is 0 Å². The molecule has 122 valence electrons. The van der Waals surface area contributed by atoms with E-state index in [4.69, 9.17) is 13.9 Å². The molecule has 0 fully saturated rings. The highest BCUT2D eigenvalue weighted by atomic mass is 32.2. The van der Waals surface area contributed by atoms with Crippen LogP contribution in [-0.4, -0.2) is 33.8 Å². The average Bonchev–Trinajstić information content (AvgIpc) is 2.90. The van der Waals surface area contributed by atoms with Crippen molar-refractivity contribution in [2.24, 2.45) is 0 Å². The number of furan rings is 1. The number of nitrogens with one attached hydrogen (secondary N) is 1. The fraction of sp³-hybridized carbons (Fsp3) is 0.267. The zero-order chi connectivity index (χ0) is 16.6. The van der Waals surface area contributed by atoms with Crippen molar-refractivity contribution in [2.75, 3.05) is 24.8 Å². The number of sulfone groups is 1. The molecule has 1 N–H and O–H groups in total. The van der Waals surface area contributed by atoms with E-state index in [2.05, 4.69) is 5.32 Å². The minimum absolute atomic E-state index is 0.153. The fourth-order valence-corrected chi connectivity index (χ4v) is 2.83. The van der Waals surface area contributed by atoms with E-state index < -0.39 is 15.7 Å². The smallest absolute Gasteiger partial charge is 0.259 e. The molecule has 3 rings (SSSR count). The number of anilines is 1. The maximum absolute atomic E-state index is 12.4. The summed E-state index contributed by atoms with van der Waals surface area (Å²) in [5.74, 6) is 0.750. The standard InChI is InChI=1S/C15H15NO6S/c1-9-10(8-13(22-9)23(2,18)19)15(17)16-11-4-3-5-12-14(11)21-7-6-20-12/h3-5,8H,6-7H2,1-2H3,(H,16,17). The van der Waals surface area contributed by atoms with E-state index in [-0.39, 0.29) is 16.4 Å². The zero-order valence-electron chi connectivity index (χ0n) is 12.6. The Labute approximate surface area is 133 Å². The van der Waals surface area contributed by atoms with Crippen LogP contribution in [-0.2, 0) is 9.84 Å². The Bertz CT molecular complexity index is 868. The van der Waals surface area contributed by atoms with Crippen molar-refractivity contribution in [1.82, 2.24) is 0 Å². The third kappa shape index (κ3) is 3.02. The molecular weight excluding hydrogens is 322 g/mol. The lowest BCUT2D eigenvalue weighted by molar-refractivity contribution is 0.102. The number of para-hydroxylation sites is 1. The molecule has 0 atom stereocenters. The second kappa shape index (κ2) is 5.62. The van der Waals surface area contributed by atoms with Gasteiger partial charge < -0.3 is 19.2 Å². The number of carbonyl (C=O) groups is 1. The van der Waals surface area contributed by atoms with Crippen molar-refractivity contribution in [3.8, 4) is 11.5 Å². The van der Waals surface area contributed by atoms with Crippen molar-refractivity contribution < 1.29 is 27.1 Å². The van der Waals surface area contributed by atoms with Crippen LogP contribution in [0.15, 0.2) is 33.8 Å². The Morgan fingerprint density at radius 1 is 1.22 bits per heavy atom. The van der Waals surface area contributed by atoms with E-state index in [0.29, 0.717) is 30.4 Å². The van der Waals surface area contributed by atoms with Crippen molar-refractivity contribution in [3.05, 3.63) is 35.6 Å². The molecule has 0 saturated carbocycles. The average molecular weight is 337 g/mol. The molecule has 7 nitrogen and oxygen atoms in total. The first-order valence-corrected chi connectivity index (χ1v) is 8.76. The Morgan fingerprint density at radius 3 is 2.65 bits per heavy atom. The summed E-state index contributed by atoms with van der Waals surface area (Å²) in [5.41, 5.74) is 0.605. The summed E-state index contributed by atoms with van der Waals surface area (Å²) in [4.78, 5) is 12.4. The number of hydrogen-bond acceptors (Lipinski definition) is 6. The van der Waals surface area contributed by atoms with Gasteiger partial charge in [0.15, 0.2) is 11.5 Å². The first-order chi connectivity index (χ1) is 10.9. The van der Waals surface area contributed by atoms with Gasteiger partial charge >= 0.3 is 0 Å². The molecule has 0 saturated heterocycles. The van der Waals surface area contributed by atoms with Crippen molar-refractivity contribution in [1.29, 1.82) is 0 Å². The first kappa shape index (κ1) is 15.4. The number of ether oxygens (including phenoxy) is 2. The molecule has 1 amide bonds. The SMILES string of the molecule is Cc1oc(S(C)(=O)=O)cc1C(=O)Nc1cccc2c1OCCO2. The van der Waals surface area contributed by atoms with Gasteiger partial charge in [0.25, 0.3) is 5.91 Å². The maximum atomic E-state index is 12.4. The van der Waals surface area contributed by atoms with Crippen LogP contribution < -0.4 is 14.8 Å². The molecule has 0 unspecified atom stereocenters. The highest BCUT2D eigenvalue weighted by molar-refractivity contribution is 7.90. The van der Waals surface area contributed by atoms with Crippen LogP contribution in [0.1, 0.15) is 16.1 Å². The van der Waals surface area contributed by atoms with Crippen molar-refractivity contribution in [3.63, 3.8) is 0 Å². The molecule has 8 heteroatoms. The molecule has 23 heavy (non-hydrogen) atoms. The van der Waals surface area contributed by atoms with Gasteiger partial charge in [0.1, 0.15) is 19.0 Å². The van der Waals surface area contributed by atoms with Gasteiger partial charge in [-0.25, -0.2) is 8.42 Å². The molecule has 1 aliphatic rings. The van der Waals surface area contributed by atoms with Gasteiger partial charge in [0, 0.05) is 12.3 Å². The summed E-state index contributed by atoms with van der Waals surface area (Å²) in [7, 11) is -3.52. The quantitative estimate of drug-likeness (QED) is 0.921. The lowest BCUT2D eigenvalue weighted by atomic mass is 10.2. The second-order valence-electron chi connectivity index (χ2n) is 5.09. The van der Waals surface area contributed by atoms with Gasteiger partial charge in [0.2, 0.25) is 14.9 Å². The summed E-state index contributed by atoms with van der Waals surface area (Å²) < 4.78 is 39.1. The van der Waals surface area contributed by atoms with E-state index >= 15 is 0 Å². The van der Waals surface area contributed by atoms with Crippen LogP contribution in [0.5, 0.6) is 11.5 Å². The molecule has 1 aliphatic heterocycles. The van der Waals surface area contributed by atoms with Gasteiger partial charge in [0.05, 0.1) is 11.3 Å². The van der Waals surface area contributed by atoms with E-state index in [9.17, 15) is 13.2 Å². The van der Waals surface area contributed by atoms with E-state index in [1.807, 2.05) is 0 Å². The molecule has 0 aliphatic carbocycles. The number of fused-ring (bicyclic) bond motifs is 1. The molecule has 2 aromatic rings. The van der Waals surface area contributed by atoms with Gasteiger partial charge in [-0.2, -0.15) is 0 Å². The lowest BCUT2D eigenvalue weighted by Gasteiger charge is -2.20. The Balaban J connectivity index is 1.90. The molecule has 0 radical (unpaired) electrons. The second-order valence-corrected chi connectivity index (χ2v) is 7.04. The minimum atomic E-state index is -3.52. The predicted molar refractivity (Wildman–Crippen MR) is 81.9 cm³/mol. The van der Waals surface area contributed by atoms with E-state index in [1.54, 1.807) is 18.2 Å². The molecule has 1 aromatic heterocycles. The summed E-state index contributed by atoms with van der Waals surface area (Å²) in [6, 6.07) is 6.37. The number of carbonyl (C=O) groups excluding carboxylic acids is 1. The Hall–Kier alpha value is -2.48. The topological polar surface area (TPSA) is 94.8 Å². The summed E-state index contributed by atoms with van der Waals surface area (Å²) >= 11 is 0. The summed E-state index contributed by atoms with van der Waals surface area (Å²) in [6.07, 6.45) is 1.02. The minimum Gasteiger partial charge on any atom is -0.486 e. The van der Waals surface area contributed by atoms with Gasteiger partial charge in [-0.3, -0.25) is 4.79 Å². The third-order valence-electron chi connectivity index (χ3n) is 3.32. The fourth-order valence-electron chi connectivity index (χ4n) is 2.22. The summed E-state index contributed by atoms with van der Waals surface area (Å²) in [6.45, 7) is 2.37. The molecule has 0 spiro atoms. The Morgan fingerprint density at radius 2 is 1.96 bits per heavy atom. The Kier molecular flexibility index (Phi) is 3.77. The lowest BCUT2D eigenvalue weighted by Crippen LogP contribution is -2.18. The van der Waals surface area contributed by atoms with Gasteiger partial charge in [-0.05, 0) is 19.1 Å². The first-order valence-electron chi connectivity index (χ1n) is 6.87. The summed E-state index contributed by atoms with van der Waals surface area (Å²) in [5, 5.41) is 2.45. The monoisotopic (exact) mass is 337 g/mol. The normalized spacial score (nSPS) is 13.7.